The molecule has 0 amide bonds. The van der Waals surface area contributed by atoms with E-state index in [0.717, 1.165) is 0 Å². The number of carbonyl (C=O) groups is 1. The van der Waals surface area contributed by atoms with Crippen molar-refractivity contribution in [1.29, 1.82) is 0 Å². The number of rotatable bonds is 5. The molecule has 0 saturated heterocycles. The average Bonchev–Trinajstić information content (AvgIpc) is 2.13. The second-order valence-corrected chi connectivity index (χ2v) is 2.96. The van der Waals surface area contributed by atoms with Crippen molar-refractivity contribution in [3.8, 4) is 12.3 Å². The van der Waals surface area contributed by atoms with Crippen LogP contribution in [-0.2, 0) is 9.53 Å². The Morgan fingerprint density at radius 3 is 2.69 bits per heavy atom. The molecule has 1 N–H and O–H groups in total. The minimum atomic E-state index is -0.242. The molecule has 0 saturated carbocycles. The highest BCUT2D eigenvalue weighted by atomic mass is 16.5. The van der Waals surface area contributed by atoms with Crippen LogP contribution in [-0.4, -0.2) is 25.2 Å². The largest absolute Gasteiger partial charge is 0.468 e. The molecule has 0 aromatic carbocycles. The van der Waals surface area contributed by atoms with E-state index in [2.05, 4.69) is 16.0 Å². The molecule has 0 radical (unpaired) electrons. The Labute approximate surface area is 79.8 Å². The molecule has 0 aliphatic rings. The van der Waals surface area contributed by atoms with Crippen molar-refractivity contribution in [3.05, 3.63) is 0 Å². The summed E-state index contributed by atoms with van der Waals surface area (Å²) in [5.41, 5.74) is 0. The monoisotopic (exact) mass is 183 g/mol. The van der Waals surface area contributed by atoms with Gasteiger partial charge in [0.05, 0.1) is 7.11 Å². The van der Waals surface area contributed by atoms with Gasteiger partial charge in [-0.3, -0.25) is 4.79 Å². The normalized spacial score (nSPS) is 14.3. The average molecular weight is 183 g/mol. The maximum absolute atomic E-state index is 11.1. The quantitative estimate of drug-likeness (QED) is 0.509. The van der Waals surface area contributed by atoms with Crippen LogP contribution in [0.2, 0.25) is 0 Å². The van der Waals surface area contributed by atoms with Crippen LogP contribution >= 0.6 is 0 Å². The predicted octanol–water partition coefficient (Wildman–Crippen LogP) is 0.939. The van der Waals surface area contributed by atoms with Gasteiger partial charge < -0.3 is 10.1 Å². The van der Waals surface area contributed by atoms with E-state index >= 15 is 0 Å². The first-order valence-corrected chi connectivity index (χ1v) is 4.43. The van der Waals surface area contributed by atoms with Crippen molar-refractivity contribution < 1.29 is 9.53 Å². The molecule has 0 bridgehead atoms. The summed E-state index contributed by atoms with van der Waals surface area (Å²) < 4.78 is 4.63. The third-order valence-corrected chi connectivity index (χ3v) is 1.80. The van der Waals surface area contributed by atoms with Gasteiger partial charge in [-0.15, -0.1) is 12.3 Å². The summed E-state index contributed by atoms with van der Waals surface area (Å²) in [4.78, 5) is 11.1. The SMILES string of the molecule is C#CCC(C)NC(CC)C(=O)OC. The summed E-state index contributed by atoms with van der Waals surface area (Å²) >= 11 is 0. The third kappa shape index (κ3) is 4.54. The minimum Gasteiger partial charge on any atom is -0.468 e. The zero-order valence-corrected chi connectivity index (χ0v) is 8.46. The van der Waals surface area contributed by atoms with E-state index in [-0.39, 0.29) is 18.1 Å². The van der Waals surface area contributed by atoms with Gasteiger partial charge in [0, 0.05) is 12.5 Å². The molecule has 2 atom stereocenters. The van der Waals surface area contributed by atoms with E-state index in [9.17, 15) is 4.79 Å². The van der Waals surface area contributed by atoms with Gasteiger partial charge in [0.1, 0.15) is 6.04 Å². The van der Waals surface area contributed by atoms with Gasteiger partial charge in [0.25, 0.3) is 0 Å². The molecule has 0 aromatic rings. The van der Waals surface area contributed by atoms with Crippen LogP contribution in [0.3, 0.4) is 0 Å². The first-order chi connectivity index (χ1) is 6.15. The Morgan fingerprint density at radius 1 is 1.69 bits per heavy atom. The van der Waals surface area contributed by atoms with Gasteiger partial charge in [-0.25, -0.2) is 0 Å². The summed E-state index contributed by atoms with van der Waals surface area (Å²) in [6, 6.07) is -0.0950. The standard InChI is InChI=1S/C10H17NO2/c1-5-7-8(3)11-9(6-2)10(12)13-4/h1,8-9,11H,6-7H2,2-4H3. The molecule has 0 rings (SSSR count). The highest BCUT2D eigenvalue weighted by molar-refractivity contribution is 5.75. The lowest BCUT2D eigenvalue weighted by molar-refractivity contribution is -0.143. The second-order valence-electron chi connectivity index (χ2n) is 2.96. The summed E-state index contributed by atoms with van der Waals surface area (Å²) in [6.45, 7) is 3.88. The Hall–Kier alpha value is -1.01. The zero-order valence-electron chi connectivity index (χ0n) is 8.46. The van der Waals surface area contributed by atoms with Gasteiger partial charge in [-0.2, -0.15) is 0 Å². The van der Waals surface area contributed by atoms with Crippen LogP contribution in [0.1, 0.15) is 26.7 Å². The minimum absolute atomic E-state index is 0.147. The fraction of sp³-hybridized carbons (Fsp3) is 0.700. The Kier molecular flexibility index (Phi) is 5.99. The van der Waals surface area contributed by atoms with Crippen molar-refractivity contribution in [2.45, 2.75) is 38.8 Å². The number of methoxy groups -OCH3 is 1. The lowest BCUT2D eigenvalue weighted by Crippen LogP contribution is -2.42. The van der Waals surface area contributed by atoms with E-state index in [1.54, 1.807) is 0 Å². The van der Waals surface area contributed by atoms with E-state index < -0.39 is 0 Å². The molecule has 3 heteroatoms. The molecule has 0 aliphatic heterocycles. The highest BCUT2D eigenvalue weighted by Gasteiger charge is 2.17. The van der Waals surface area contributed by atoms with Crippen molar-refractivity contribution in [2.24, 2.45) is 0 Å². The van der Waals surface area contributed by atoms with Crippen molar-refractivity contribution >= 4 is 5.97 Å². The van der Waals surface area contributed by atoms with E-state index in [4.69, 9.17) is 6.42 Å². The summed E-state index contributed by atoms with van der Waals surface area (Å²) in [5.74, 6) is 2.31. The molecule has 2 unspecified atom stereocenters. The molecule has 0 aromatic heterocycles. The first kappa shape index (κ1) is 12.0. The summed E-state index contributed by atoms with van der Waals surface area (Å²) in [7, 11) is 1.39. The van der Waals surface area contributed by atoms with E-state index in [0.29, 0.717) is 12.8 Å². The van der Waals surface area contributed by atoms with Crippen molar-refractivity contribution in [2.75, 3.05) is 7.11 Å². The maximum atomic E-state index is 11.1. The number of terminal acetylenes is 1. The number of hydrogen-bond acceptors (Lipinski definition) is 3. The number of ether oxygens (including phenoxy) is 1. The van der Waals surface area contributed by atoms with Gasteiger partial charge in [0.2, 0.25) is 0 Å². The first-order valence-electron chi connectivity index (χ1n) is 4.43. The number of esters is 1. The van der Waals surface area contributed by atoms with Crippen molar-refractivity contribution in [3.63, 3.8) is 0 Å². The van der Waals surface area contributed by atoms with Crippen LogP contribution in [0.15, 0.2) is 0 Å². The molecule has 0 aliphatic carbocycles. The molecule has 13 heavy (non-hydrogen) atoms. The molecular weight excluding hydrogens is 166 g/mol. The van der Waals surface area contributed by atoms with Crippen LogP contribution in [0, 0.1) is 12.3 Å². The molecule has 3 nitrogen and oxygen atoms in total. The molecular formula is C10H17NO2. The van der Waals surface area contributed by atoms with Gasteiger partial charge in [-0.05, 0) is 13.3 Å². The maximum Gasteiger partial charge on any atom is 0.322 e. The van der Waals surface area contributed by atoms with Crippen LogP contribution < -0.4 is 5.32 Å². The smallest absolute Gasteiger partial charge is 0.322 e. The summed E-state index contributed by atoms with van der Waals surface area (Å²) in [5, 5.41) is 3.10. The molecule has 0 fully saturated rings. The highest BCUT2D eigenvalue weighted by Crippen LogP contribution is 1.98. The molecule has 0 spiro atoms. The Balaban J connectivity index is 3.98. The second kappa shape index (κ2) is 6.50. The lowest BCUT2D eigenvalue weighted by Gasteiger charge is -2.18. The molecule has 0 heterocycles. The lowest BCUT2D eigenvalue weighted by atomic mass is 10.1. The van der Waals surface area contributed by atoms with Crippen molar-refractivity contribution in [1.82, 2.24) is 5.32 Å². The summed E-state index contributed by atoms with van der Waals surface area (Å²) in [6.07, 6.45) is 6.48. The van der Waals surface area contributed by atoms with Gasteiger partial charge in [-0.1, -0.05) is 6.92 Å². The topological polar surface area (TPSA) is 38.3 Å². The Bertz CT molecular complexity index is 196. The number of carbonyl (C=O) groups excluding carboxylic acids is 1. The zero-order chi connectivity index (χ0) is 10.3. The van der Waals surface area contributed by atoms with Gasteiger partial charge >= 0.3 is 5.97 Å². The van der Waals surface area contributed by atoms with Gasteiger partial charge in [0.15, 0.2) is 0 Å². The van der Waals surface area contributed by atoms with Crippen LogP contribution in [0.4, 0.5) is 0 Å². The Morgan fingerprint density at radius 2 is 2.31 bits per heavy atom. The van der Waals surface area contributed by atoms with Crippen LogP contribution in [0.25, 0.3) is 0 Å². The third-order valence-electron chi connectivity index (χ3n) is 1.80. The van der Waals surface area contributed by atoms with Crippen LogP contribution in [0.5, 0.6) is 0 Å². The molecule has 74 valence electrons. The fourth-order valence-electron chi connectivity index (χ4n) is 1.07. The number of hydrogen-bond donors (Lipinski definition) is 1. The predicted molar refractivity (Wildman–Crippen MR) is 52.1 cm³/mol. The fourth-order valence-corrected chi connectivity index (χ4v) is 1.07. The van der Waals surface area contributed by atoms with E-state index in [1.807, 2.05) is 13.8 Å². The van der Waals surface area contributed by atoms with E-state index in [1.165, 1.54) is 7.11 Å². The number of nitrogens with one attached hydrogen (secondary N) is 1.